The minimum atomic E-state index is 0.0532. The molecule has 1 saturated heterocycles. The first-order valence-corrected chi connectivity index (χ1v) is 8.12. The zero-order chi connectivity index (χ0) is 15.8. The number of likely N-dealkylation sites (tertiary alicyclic amines) is 1. The van der Waals surface area contributed by atoms with Gasteiger partial charge in [0, 0.05) is 45.2 Å². The Hall–Kier alpha value is -1.69. The Morgan fingerprint density at radius 1 is 1.41 bits per heavy atom. The van der Waals surface area contributed by atoms with Gasteiger partial charge in [-0.3, -0.25) is 4.79 Å². The number of ether oxygens (including phenoxy) is 1. The molecule has 0 spiro atoms. The summed E-state index contributed by atoms with van der Waals surface area (Å²) in [4.78, 5) is 23.0. The standard InChI is InChI=1S/C16H26N4O2/c1-3-14-7-4-5-9-20(14)15(21)13-11-18-16(19-12-13)17-8-6-10-22-2/h11-12,14H,3-10H2,1-2H3,(H,17,18,19). The number of nitrogens with zero attached hydrogens (tertiary/aromatic N) is 3. The Bertz CT molecular complexity index is 464. The van der Waals surface area contributed by atoms with Gasteiger partial charge in [0.25, 0.3) is 5.91 Å². The minimum absolute atomic E-state index is 0.0532. The molecule has 2 rings (SSSR count). The van der Waals surface area contributed by atoms with E-state index in [4.69, 9.17) is 4.74 Å². The summed E-state index contributed by atoms with van der Waals surface area (Å²) >= 11 is 0. The fourth-order valence-corrected chi connectivity index (χ4v) is 2.80. The average Bonchev–Trinajstić information content (AvgIpc) is 2.58. The zero-order valence-corrected chi connectivity index (χ0v) is 13.5. The van der Waals surface area contributed by atoms with E-state index >= 15 is 0 Å². The molecule has 22 heavy (non-hydrogen) atoms. The van der Waals surface area contributed by atoms with E-state index in [1.54, 1.807) is 19.5 Å². The van der Waals surface area contributed by atoms with Crippen LogP contribution < -0.4 is 5.32 Å². The van der Waals surface area contributed by atoms with Crippen LogP contribution in [-0.2, 0) is 4.74 Å². The zero-order valence-electron chi connectivity index (χ0n) is 13.5. The first-order chi connectivity index (χ1) is 10.8. The van der Waals surface area contributed by atoms with Crippen LogP contribution in [0.2, 0.25) is 0 Å². The van der Waals surface area contributed by atoms with Gasteiger partial charge in [-0.1, -0.05) is 6.92 Å². The summed E-state index contributed by atoms with van der Waals surface area (Å²) in [6, 6.07) is 0.355. The molecular weight excluding hydrogens is 280 g/mol. The summed E-state index contributed by atoms with van der Waals surface area (Å²) in [6.45, 7) is 4.44. The van der Waals surface area contributed by atoms with Crippen molar-refractivity contribution in [1.29, 1.82) is 0 Å². The topological polar surface area (TPSA) is 67.4 Å². The second-order valence-corrected chi connectivity index (χ2v) is 5.62. The number of piperidine rings is 1. The molecule has 122 valence electrons. The van der Waals surface area contributed by atoms with Gasteiger partial charge < -0.3 is 15.0 Å². The molecule has 1 unspecified atom stereocenters. The number of carbonyl (C=O) groups is 1. The third-order valence-electron chi connectivity index (χ3n) is 4.07. The molecule has 0 radical (unpaired) electrons. The summed E-state index contributed by atoms with van der Waals surface area (Å²) in [5, 5.41) is 3.12. The van der Waals surface area contributed by atoms with Crippen LogP contribution in [0.15, 0.2) is 12.4 Å². The van der Waals surface area contributed by atoms with Gasteiger partial charge in [-0.05, 0) is 32.1 Å². The maximum atomic E-state index is 12.6. The highest BCUT2D eigenvalue weighted by Gasteiger charge is 2.26. The maximum absolute atomic E-state index is 12.6. The Morgan fingerprint density at radius 2 is 2.18 bits per heavy atom. The van der Waals surface area contributed by atoms with Crippen molar-refractivity contribution in [3.05, 3.63) is 18.0 Å². The molecule has 1 aliphatic rings. The lowest BCUT2D eigenvalue weighted by molar-refractivity contribution is 0.0607. The summed E-state index contributed by atoms with van der Waals surface area (Å²) in [5.41, 5.74) is 0.572. The fourth-order valence-electron chi connectivity index (χ4n) is 2.80. The smallest absolute Gasteiger partial charge is 0.257 e. The van der Waals surface area contributed by atoms with Crippen molar-refractivity contribution in [3.8, 4) is 0 Å². The summed E-state index contributed by atoms with van der Waals surface area (Å²) in [6.07, 6.45) is 8.54. The van der Waals surface area contributed by atoms with E-state index in [1.165, 1.54) is 6.42 Å². The van der Waals surface area contributed by atoms with Crippen molar-refractivity contribution >= 4 is 11.9 Å². The molecular formula is C16H26N4O2. The van der Waals surface area contributed by atoms with Crippen molar-refractivity contribution in [2.45, 2.75) is 45.1 Å². The van der Waals surface area contributed by atoms with Crippen LogP contribution in [0.3, 0.4) is 0 Å². The van der Waals surface area contributed by atoms with Crippen LogP contribution in [0.5, 0.6) is 0 Å². The summed E-state index contributed by atoms with van der Waals surface area (Å²) < 4.78 is 4.99. The van der Waals surface area contributed by atoms with Gasteiger partial charge in [0.1, 0.15) is 0 Å². The Balaban J connectivity index is 1.92. The van der Waals surface area contributed by atoms with Gasteiger partial charge in [0.2, 0.25) is 5.95 Å². The number of aromatic nitrogens is 2. The molecule has 0 bridgehead atoms. The van der Waals surface area contributed by atoms with Crippen molar-refractivity contribution in [1.82, 2.24) is 14.9 Å². The fraction of sp³-hybridized carbons (Fsp3) is 0.688. The number of nitrogens with one attached hydrogen (secondary N) is 1. The molecule has 6 nitrogen and oxygen atoms in total. The number of amides is 1. The molecule has 0 aliphatic carbocycles. The van der Waals surface area contributed by atoms with Crippen LogP contribution in [0, 0.1) is 0 Å². The molecule has 1 N–H and O–H groups in total. The van der Waals surface area contributed by atoms with Crippen molar-refractivity contribution in [3.63, 3.8) is 0 Å². The third kappa shape index (κ3) is 4.40. The highest BCUT2D eigenvalue weighted by Crippen LogP contribution is 2.21. The summed E-state index contributed by atoms with van der Waals surface area (Å²) in [5.74, 6) is 0.607. The van der Waals surface area contributed by atoms with Crippen LogP contribution >= 0.6 is 0 Å². The van der Waals surface area contributed by atoms with E-state index in [1.807, 2.05) is 4.90 Å². The van der Waals surface area contributed by atoms with Crippen molar-refractivity contribution in [2.75, 3.05) is 32.1 Å². The molecule has 1 fully saturated rings. The molecule has 1 amide bonds. The monoisotopic (exact) mass is 306 g/mol. The predicted molar refractivity (Wildman–Crippen MR) is 86.0 cm³/mol. The Kier molecular flexibility index (Phi) is 6.58. The molecule has 1 aromatic heterocycles. The first-order valence-electron chi connectivity index (χ1n) is 8.12. The lowest BCUT2D eigenvalue weighted by Gasteiger charge is -2.35. The van der Waals surface area contributed by atoms with Crippen LogP contribution in [0.1, 0.15) is 49.4 Å². The largest absolute Gasteiger partial charge is 0.385 e. The van der Waals surface area contributed by atoms with Crippen molar-refractivity contribution in [2.24, 2.45) is 0 Å². The number of hydrogen-bond donors (Lipinski definition) is 1. The number of carbonyl (C=O) groups excluding carboxylic acids is 1. The highest BCUT2D eigenvalue weighted by atomic mass is 16.5. The number of methoxy groups -OCH3 is 1. The van der Waals surface area contributed by atoms with E-state index in [0.29, 0.717) is 24.2 Å². The van der Waals surface area contributed by atoms with E-state index in [9.17, 15) is 4.79 Å². The highest BCUT2D eigenvalue weighted by molar-refractivity contribution is 5.94. The molecule has 0 aromatic carbocycles. The molecule has 2 heterocycles. The molecule has 1 aromatic rings. The van der Waals surface area contributed by atoms with E-state index in [2.05, 4.69) is 22.2 Å². The van der Waals surface area contributed by atoms with Gasteiger partial charge in [0.15, 0.2) is 0 Å². The maximum Gasteiger partial charge on any atom is 0.257 e. The van der Waals surface area contributed by atoms with Gasteiger partial charge >= 0.3 is 0 Å². The van der Waals surface area contributed by atoms with Gasteiger partial charge in [-0.25, -0.2) is 9.97 Å². The normalized spacial score (nSPS) is 18.3. The second-order valence-electron chi connectivity index (χ2n) is 5.62. The predicted octanol–water partition coefficient (Wildman–Crippen LogP) is 2.33. The van der Waals surface area contributed by atoms with Gasteiger partial charge in [-0.15, -0.1) is 0 Å². The summed E-state index contributed by atoms with van der Waals surface area (Å²) in [7, 11) is 1.68. The number of hydrogen-bond acceptors (Lipinski definition) is 5. The molecule has 6 heteroatoms. The number of anilines is 1. The van der Waals surface area contributed by atoms with E-state index < -0.39 is 0 Å². The van der Waals surface area contributed by atoms with Gasteiger partial charge in [-0.2, -0.15) is 0 Å². The molecule has 1 atom stereocenters. The van der Waals surface area contributed by atoms with Crippen LogP contribution in [-0.4, -0.2) is 53.6 Å². The Labute approximate surface area is 132 Å². The minimum Gasteiger partial charge on any atom is -0.385 e. The molecule has 1 aliphatic heterocycles. The van der Waals surface area contributed by atoms with Crippen LogP contribution in [0.4, 0.5) is 5.95 Å². The van der Waals surface area contributed by atoms with Crippen molar-refractivity contribution < 1.29 is 9.53 Å². The van der Waals surface area contributed by atoms with E-state index in [-0.39, 0.29) is 5.91 Å². The third-order valence-corrected chi connectivity index (χ3v) is 4.07. The lowest BCUT2D eigenvalue weighted by atomic mass is 9.99. The van der Waals surface area contributed by atoms with E-state index in [0.717, 1.165) is 38.8 Å². The molecule has 0 saturated carbocycles. The van der Waals surface area contributed by atoms with Crippen LogP contribution in [0.25, 0.3) is 0 Å². The first kappa shape index (κ1) is 16.7. The quantitative estimate of drug-likeness (QED) is 0.783. The SMILES string of the molecule is CCC1CCCCN1C(=O)c1cnc(NCCCOC)nc1. The van der Waals surface area contributed by atoms with Gasteiger partial charge in [0.05, 0.1) is 5.56 Å². The number of rotatable bonds is 7. The average molecular weight is 306 g/mol. The lowest BCUT2D eigenvalue weighted by Crippen LogP contribution is -2.43. The second kappa shape index (κ2) is 8.68. The Morgan fingerprint density at radius 3 is 2.86 bits per heavy atom.